The molecule has 2 aromatic carbocycles. The van der Waals surface area contributed by atoms with Gasteiger partial charge in [-0.05, 0) is 35.2 Å². The van der Waals surface area contributed by atoms with Gasteiger partial charge in [0.15, 0.2) is 0 Å². The number of carbonyl (C=O) groups excluding carboxylic acids is 1. The van der Waals surface area contributed by atoms with Crippen LogP contribution in [0.3, 0.4) is 0 Å². The van der Waals surface area contributed by atoms with Crippen LogP contribution < -0.4 is 10.6 Å². The number of benzene rings is 2. The zero-order chi connectivity index (χ0) is 14.7. The third-order valence-electron chi connectivity index (χ3n) is 3.75. The molecule has 21 heavy (non-hydrogen) atoms. The third kappa shape index (κ3) is 3.43. The molecule has 1 aliphatic heterocycles. The number of halogens is 1. The lowest BCUT2D eigenvalue weighted by molar-refractivity contribution is -0.123. The van der Waals surface area contributed by atoms with Gasteiger partial charge in [0.2, 0.25) is 5.91 Å². The molecule has 0 bridgehead atoms. The quantitative estimate of drug-likeness (QED) is 0.915. The standard InChI is InChI=1S/C17H17ClN2O/c18-15-7-3-4-12(8-15)10-20-17(21)16-9-13-5-1-2-6-14(13)11-19-16/h1-8,16,19H,9-11H2,(H,20,21). The molecule has 0 saturated carbocycles. The maximum absolute atomic E-state index is 12.3. The van der Waals surface area contributed by atoms with Crippen molar-refractivity contribution in [2.45, 2.75) is 25.6 Å². The largest absolute Gasteiger partial charge is 0.351 e. The van der Waals surface area contributed by atoms with Crippen LogP contribution in [0.5, 0.6) is 0 Å². The molecule has 1 aliphatic rings. The third-order valence-corrected chi connectivity index (χ3v) is 3.99. The topological polar surface area (TPSA) is 41.1 Å². The summed E-state index contributed by atoms with van der Waals surface area (Å²) in [5.41, 5.74) is 3.53. The van der Waals surface area contributed by atoms with Crippen molar-refractivity contribution in [3.8, 4) is 0 Å². The molecule has 2 N–H and O–H groups in total. The van der Waals surface area contributed by atoms with Crippen molar-refractivity contribution in [2.24, 2.45) is 0 Å². The summed E-state index contributed by atoms with van der Waals surface area (Å²) in [6, 6.07) is 15.6. The van der Waals surface area contributed by atoms with Crippen LogP contribution >= 0.6 is 11.6 Å². The lowest BCUT2D eigenvalue weighted by atomic mass is 9.95. The molecule has 3 rings (SSSR count). The van der Waals surface area contributed by atoms with Gasteiger partial charge in [-0.3, -0.25) is 4.79 Å². The van der Waals surface area contributed by atoms with E-state index < -0.39 is 0 Å². The van der Waals surface area contributed by atoms with Crippen molar-refractivity contribution in [3.05, 3.63) is 70.2 Å². The highest BCUT2D eigenvalue weighted by molar-refractivity contribution is 6.30. The molecule has 0 saturated heterocycles. The smallest absolute Gasteiger partial charge is 0.237 e. The molecular weight excluding hydrogens is 284 g/mol. The normalized spacial score (nSPS) is 17.1. The minimum atomic E-state index is -0.168. The Morgan fingerprint density at radius 2 is 2.00 bits per heavy atom. The Morgan fingerprint density at radius 3 is 2.81 bits per heavy atom. The lowest BCUT2D eigenvalue weighted by Gasteiger charge is -2.25. The van der Waals surface area contributed by atoms with Gasteiger partial charge in [-0.25, -0.2) is 0 Å². The molecule has 2 aromatic rings. The van der Waals surface area contributed by atoms with Crippen LogP contribution in [0, 0.1) is 0 Å². The highest BCUT2D eigenvalue weighted by Crippen LogP contribution is 2.16. The first-order valence-corrected chi connectivity index (χ1v) is 7.42. The first-order valence-electron chi connectivity index (χ1n) is 7.05. The van der Waals surface area contributed by atoms with Crippen molar-refractivity contribution in [1.29, 1.82) is 0 Å². The van der Waals surface area contributed by atoms with E-state index in [0.29, 0.717) is 11.6 Å². The average molecular weight is 301 g/mol. The van der Waals surface area contributed by atoms with E-state index >= 15 is 0 Å². The van der Waals surface area contributed by atoms with Gasteiger partial charge in [0, 0.05) is 18.1 Å². The molecule has 1 amide bonds. The van der Waals surface area contributed by atoms with Crippen molar-refractivity contribution >= 4 is 17.5 Å². The predicted molar refractivity (Wildman–Crippen MR) is 84.1 cm³/mol. The Bertz CT molecular complexity index is 657. The Balaban J connectivity index is 1.59. The lowest BCUT2D eigenvalue weighted by Crippen LogP contribution is -2.47. The van der Waals surface area contributed by atoms with Gasteiger partial charge < -0.3 is 10.6 Å². The van der Waals surface area contributed by atoms with Gasteiger partial charge in [-0.15, -0.1) is 0 Å². The van der Waals surface area contributed by atoms with Gasteiger partial charge in [0.25, 0.3) is 0 Å². The Labute approximate surface area is 129 Å². The maximum Gasteiger partial charge on any atom is 0.237 e. The summed E-state index contributed by atoms with van der Waals surface area (Å²) in [5, 5.41) is 6.94. The molecule has 1 unspecified atom stereocenters. The second-order valence-corrected chi connectivity index (χ2v) is 5.69. The average Bonchev–Trinajstić information content (AvgIpc) is 2.52. The van der Waals surface area contributed by atoms with Gasteiger partial charge >= 0.3 is 0 Å². The van der Waals surface area contributed by atoms with Crippen LogP contribution in [0.4, 0.5) is 0 Å². The zero-order valence-corrected chi connectivity index (χ0v) is 12.4. The van der Waals surface area contributed by atoms with E-state index in [9.17, 15) is 4.79 Å². The number of nitrogens with one attached hydrogen (secondary N) is 2. The fourth-order valence-electron chi connectivity index (χ4n) is 2.60. The molecule has 1 atom stereocenters. The summed E-state index contributed by atoms with van der Waals surface area (Å²) in [6.07, 6.45) is 0.734. The Morgan fingerprint density at radius 1 is 1.19 bits per heavy atom. The van der Waals surface area contributed by atoms with E-state index in [4.69, 9.17) is 11.6 Å². The summed E-state index contributed by atoms with van der Waals surface area (Å²) in [6.45, 7) is 1.24. The molecule has 1 heterocycles. The van der Waals surface area contributed by atoms with Crippen molar-refractivity contribution in [3.63, 3.8) is 0 Å². The summed E-state index contributed by atoms with van der Waals surface area (Å²) >= 11 is 5.94. The molecule has 0 aliphatic carbocycles. The van der Waals surface area contributed by atoms with Gasteiger partial charge in [-0.2, -0.15) is 0 Å². The second kappa shape index (κ2) is 6.29. The van der Waals surface area contributed by atoms with Crippen molar-refractivity contribution in [1.82, 2.24) is 10.6 Å². The van der Waals surface area contributed by atoms with Crippen molar-refractivity contribution in [2.75, 3.05) is 0 Å². The van der Waals surface area contributed by atoms with Crippen LogP contribution in [0.1, 0.15) is 16.7 Å². The van der Waals surface area contributed by atoms with Gasteiger partial charge in [-0.1, -0.05) is 48.0 Å². The molecule has 0 spiro atoms. The molecule has 3 nitrogen and oxygen atoms in total. The van der Waals surface area contributed by atoms with Crippen LogP contribution in [-0.4, -0.2) is 11.9 Å². The van der Waals surface area contributed by atoms with Crippen LogP contribution in [-0.2, 0) is 24.3 Å². The minimum Gasteiger partial charge on any atom is -0.351 e. The fraction of sp³-hybridized carbons (Fsp3) is 0.235. The van der Waals surface area contributed by atoms with E-state index in [1.165, 1.54) is 11.1 Å². The molecule has 4 heteroatoms. The number of hydrogen-bond acceptors (Lipinski definition) is 2. The Kier molecular flexibility index (Phi) is 4.23. The zero-order valence-electron chi connectivity index (χ0n) is 11.6. The first kappa shape index (κ1) is 14.1. The highest BCUT2D eigenvalue weighted by Gasteiger charge is 2.23. The van der Waals surface area contributed by atoms with Crippen LogP contribution in [0.2, 0.25) is 5.02 Å². The molecular formula is C17H17ClN2O. The summed E-state index contributed by atoms with van der Waals surface area (Å²) < 4.78 is 0. The molecule has 0 aromatic heterocycles. The van der Waals surface area contributed by atoms with E-state index in [2.05, 4.69) is 22.8 Å². The molecule has 108 valence electrons. The van der Waals surface area contributed by atoms with Crippen LogP contribution in [0.15, 0.2) is 48.5 Å². The first-order chi connectivity index (χ1) is 10.2. The number of amides is 1. The van der Waals surface area contributed by atoms with Crippen molar-refractivity contribution < 1.29 is 4.79 Å². The van der Waals surface area contributed by atoms with Gasteiger partial charge in [0.1, 0.15) is 0 Å². The van der Waals surface area contributed by atoms with E-state index in [1.807, 2.05) is 36.4 Å². The summed E-state index contributed by atoms with van der Waals surface area (Å²) in [5.74, 6) is 0.0319. The summed E-state index contributed by atoms with van der Waals surface area (Å²) in [4.78, 5) is 12.3. The number of fused-ring (bicyclic) bond motifs is 1. The van der Waals surface area contributed by atoms with E-state index in [1.54, 1.807) is 0 Å². The predicted octanol–water partition coefficient (Wildman–Crippen LogP) is 2.67. The highest BCUT2D eigenvalue weighted by atomic mass is 35.5. The molecule has 0 fully saturated rings. The molecule has 0 radical (unpaired) electrons. The monoisotopic (exact) mass is 300 g/mol. The van der Waals surface area contributed by atoms with E-state index in [-0.39, 0.29) is 11.9 Å². The maximum atomic E-state index is 12.3. The number of carbonyl (C=O) groups is 1. The number of hydrogen-bond donors (Lipinski definition) is 2. The van der Waals surface area contributed by atoms with Crippen LogP contribution in [0.25, 0.3) is 0 Å². The SMILES string of the molecule is O=C(NCc1cccc(Cl)c1)C1Cc2ccccc2CN1. The minimum absolute atomic E-state index is 0.0319. The van der Waals surface area contributed by atoms with Gasteiger partial charge in [0.05, 0.1) is 6.04 Å². The Hall–Kier alpha value is -1.84. The number of rotatable bonds is 3. The summed E-state index contributed by atoms with van der Waals surface area (Å²) in [7, 11) is 0. The fourth-order valence-corrected chi connectivity index (χ4v) is 2.81. The second-order valence-electron chi connectivity index (χ2n) is 5.25. The van der Waals surface area contributed by atoms with E-state index in [0.717, 1.165) is 18.5 Å².